The molecule has 2 atom stereocenters. The Labute approximate surface area is 305 Å². The Balaban J connectivity index is 1.44. The summed E-state index contributed by atoms with van der Waals surface area (Å²) in [6, 6.07) is 16.4. The number of unbranched alkanes of at least 4 members (excludes halogenated alkanes) is 1. The number of hydrogen-bond acceptors (Lipinski definition) is 11. The fourth-order valence-electron chi connectivity index (χ4n) is 6.11. The van der Waals surface area contributed by atoms with Crippen LogP contribution >= 0.6 is 7.60 Å². The first-order valence-corrected chi connectivity index (χ1v) is 19.5. The van der Waals surface area contributed by atoms with E-state index in [1.54, 1.807) is 61.1 Å². The van der Waals surface area contributed by atoms with Crippen molar-refractivity contribution in [3.63, 3.8) is 0 Å². The lowest BCUT2D eigenvalue weighted by molar-refractivity contribution is -0.135. The summed E-state index contributed by atoms with van der Waals surface area (Å²) in [5.41, 5.74) is 1.29. The Morgan fingerprint density at radius 1 is 0.904 bits per heavy atom. The predicted octanol–water partition coefficient (Wildman–Crippen LogP) is 4.81. The average Bonchev–Trinajstić information content (AvgIpc) is 3.67. The molecule has 14 nitrogen and oxygen atoms in total. The number of carbonyl (C=O) groups excluding carboxylic acids is 3. The SMILES string of the molecule is CCCCOC(=O)N1CCN(C(=O)C(NC(=O)c2cc(N3CC[C@H](OC)C3)nc(-c3ccccc3)n2)c2ccc(P(=O)(OCC)OCC)cc2)CC1. The van der Waals surface area contributed by atoms with Crippen LogP contribution in [-0.2, 0) is 27.9 Å². The molecule has 52 heavy (non-hydrogen) atoms. The van der Waals surface area contributed by atoms with E-state index in [1.807, 2.05) is 37.3 Å². The Kier molecular flexibility index (Phi) is 13.8. The summed E-state index contributed by atoms with van der Waals surface area (Å²) in [6.45, 7) is 8.59. The van der Waals surface area contributed by atoms with Gasteiger partial charge in [-0.1, -0.05) is 55.8 Å². The van der Waals surface area contributed by atoms with Crippen LogP contribution < -0.4 is 15.5 Å². The van der Waals surface area contributed by atoms with Crippen molar-refractivity contribution in [2.75, 3.05) is 71.1 Å². The molecule has 2 aliphatic heterocycles. The number of nitrogens with zero attached hydrogens (tertiary/aromatic N) is 5. The lowest BCUT2D eigenvalue weighted by atomic mass is 10.0. The van der Waals surface area contributed by atoms with Gasteiger partial charge < -0.3 is 38.5 Å². The van der Waals surface area contributed by atoms with Crippen LogP contribution in [0.2, 0.25) is 0 Å². The van der Waals surface area contributed by atoms with Gasteiger partial charge >= 0.3 is 13.7 Å². The number of carbonyl (C=O) groups is 3. The van der Waals surface area contributed by atoms with Crippen LogP contribution in [0.5, 0.6) is 0 Å². The molecule has 0 radical (unpaired) electrons. The zero-order valence-electron chi connectivity index (χ0n) is 30.4. The maximum atomic E-state index is 14.3. The molecule has 3 amide bonds. The fourth-order valence-corrected chi connectivity index (χ4v) is 7.68. The fraction of sp³-hybridized carbons (Fsp3) is 0.486. The van der Waals surface area contributed by atoms with E-state index in [4.69, 9.17) is 23.5 Å². The minimum absolute atomic E-state index is 0.0387. The first-order valence-electron chi connectivity index (χ1n) is 17.9. The second-order valence-corrected chi connectivity index (χ2v) is 14.5. The first-order chi connectivity index (χ1) is 25.2. The molecule has 2 fully saturated rings. The van der Waals surface area contributed by atoms with Crippen LogP contribution in [0.25, 0.3) is 11.4 Å². The van der Waals surface area contributed by atoms with Gasteiger partial charge in [-0.15, -0.1) is 0 Å². The average molecular weight is 737 g/mol. The largest absolute Gasteiger partial charge is 0.449 e. The third kappa shape index (κ3) is 9.54. The van der Waals surface area contributed by atoms with Crippen LogP contribution in [0.4, 0.5) is 10.6 Å². The number of benzene rings is 2. The molecule has 2 aliphatic rings. The minimum Gasteiger partial charge on any atom is -0.449 e. The van der Waals surface area contributed by atoms with E-state index in [2.05, 4.69) is 15.2 Å². The second kappa shape index (κ2) is 18.4. The highest BCUT2D eigenvalue weighted by molar-refractivity contribution is 7.62. The molecule has 280 valence electrons. The van der Waals surface area contributed by atoms with Gasteiger partial charge in [-0.05, 0) is 44.4 Å². The van der Waals surface area contributed by atoms with Gasteiger partial charge in [0.1, 0.15) is 17.6 Å². The third-order valence-corrected chi connectivity index (χ3v) is 11.1. The molecule has 0 aliphatic carbocycles. The monoisotopic (exact) mass is 736 g/mol. The molecular formula is C37H49N6O8P. The number of ether oxygens (including phenoxy) is 2. The molecule has 1 N–H and O–H groups in total. The standard InChI is InChI=1S/C37H49N6O8P/c1-5-8-24-49-37(46)42-22-20-41(21-23-42)36(45)33(27-14-16-30(17-15-27)52(47,50-6-2)51-7-3)40-35(44)31-25-32(43-19-18-29(26-43)48-4)39-34(38-31)28-12-10-9-11-13-28/h9-17,25,29,33H,5-8,18-24,26H2,1-4H3,(H,40,44)/t29-,33?/m0/s1. The summed E-state index contributed by atoms with van der Waals surface area (Å²) in [4.78, 5) is 55.8. The summed E-state index contributed by atoms with van der Waals surface area (Å²) in [5, 5.41) is 3.27. The van der Waals surface area contributed by atoms with Gasteiger partial charge in [0.2, 0.25) is 5.91 Å². The van der Waals surface area contributed by atoms with Crippen LogP contribution in [0, 0.1) is 0 Å². The molecule has 0 spiro atoms. The molecule has 1 unspecified atom stereocenters. The van der Waals surface area contributed by atoms with Gasteiger partial charge in [0, 0.05) is 58.0 Å². The molecule has 3 aromatic rings. The number of piperazine rings is 1. The van der Waals surface area contributed by atoms with Crippen molar-refractivity contribution in [3.05, 3.63) is 71.9 Å². The van der Waals surface area contributed by atoms with Gasteiger partial charge in [0.05, 0.1) is 31.2 Å². The number of hydrogen-bond donors (Lipinski definition) is 1. The van der Waals surface area contributed by atoms with E-state index in [0.29, 0.717) is 42.2 Å². The van der Waals surface area contributed by atoms with E-state index < -0.39 is 25.6 Å². The summed E-state index contributed by atoms with van der Waals surface area (Å²) in [7, 11) is -1.92. The normalized spacial score (nSPS) is 16.8. The van der Waals surface area contributed by atoms with Crippen molar-refractivity contribution < 1.29 is 37.5 Å². The highest BCUT2D eigenvalue weighted by Crippen LogP contribution is 2.46. The summed E-state index contributed by atoms with van der Waals surface area (Å²) in [5.74, 6) is 0.0207. The zero-order chi connectivity index (χ0) is 37.1. The molecule has 2 saturated heterocycles. The number of methoxy groups -OCH3 is 1. The Hall–Kier alpha value is -4.36. The van der Waals surface area contributed by atoms with Crippen LogP contribution in [0.1, 0.15) is 62.1 Å². The highest BCUT2D eigenvalue weighted by Gasteiger charge is 2.34. The highest BCUT2D eigenvalue weighted by atomic mass is 31.2. The van der Waals surface area contributed by atoms with E-state index in [9.17, 15) is 18.9 Å². The molecular weight excluding hydrogens is 687 g/mol. The number of rotatable bonds is 15. The molecule has 15 heteroatoms. The second-order valence-electron chi connectivity index (χ2n) is 12.5. The van der Waals surface area contributed by atoms with Gasteiger partial charge in [-0.3, -0.25) is 14.2 Å². The van der Waals surface area contributed by atoms with Gasteiger partial charge in [0.25, 0.3) is 5.91 Å². The number of amides is 3. The van der Waals surface area contributed by atoms with Gasteiger partial charge in [0.15, 0.2) is 5.82 Å². The van der Waals surface area contributed by atoms with E-state index in [0.717, 1.165) is 24.8 Å². The molecule has 2 aromatic carbocycles. The van der Waals surface area contributed by atoms with Crippen molar-refractivity contribution in [3.8, 4) is 11.4 Å². The lowest BCUT2D eigenvalue weighted by Gasteiger charge is -2.36. The number of aromatic nitrogens is 2. The quantitative estimate of drug-likeness (QED) is 0.169. The van der Waals surface area contributed by atoms with Crippen molar-refractivity contribution in [2.45, 2.75) is 52.2 Å². The first kappa shape index (κ1) is 38.9. The molecule has 0 saturated carbocycles. The number of nitrogens with one attached hydrogen (secondary N) is 1. The minimum atomic E-state index is -3.59. The van der Waals surface area contributed by atoms with E-state index in [-0.39, 0.29) is 57.1 Å². The maximum absolute atomic E-state index is 14.3. The predicted molar refractivity (Wildman–Crippen MR) is 197 cm³/mol. The van der Waals surface area contributed by atoms with Crippen molar-refractivity contribution >= 4 is 36.6 Å². The van der Waals surface area contributed by atoms with Gasteiger partial charge in [-0.2, -0.15) is 0 Å². The summed E-state index contributed by atoms with van der Waals surface area (Å²) in [6.07, 6.45) is 2.14. The van der Waals surface area contributed by atoms with Crippen LogP contribution in [0.3, 0.4) is 0 Å². The smallest absolute Gasteiger partial charge is 0.409 e. The van der Waals surface area contributed by atoms with Crippen LogP contribution in [0.15, 0.2) is 60.7 Å². The van der Waals surface area contributed by atoms with Crippen molar-refractivity contribution in [1.82, 2.24) is 25.1 Å². The Morgan fingerprint density at radius 3 is 2.19 bits per heavy atom. The molecule has 1 aromatic heterocycles. The summed E-state index contributed by atoms with van der Waals surface area (Å²) >= 11 is 0. The molecule has 5 rings (SSSR count). The van der Waals surface area contributed by atoms with Crippen molar-refractivity contribution in [1.29, 1.82) is 0 Å². The van der Waals surface area contributed by atoms with E-state index >= 15 is 0 Å². The maximum Gasteiger partial charge on any atom is 0.409 e. The van der Waals surface area contributed by atoms with Crippen molar-refractivity contribution in [2.24, 2.45) is 0 Å². The Bertz CT molecular complexity index is 1690. The third-order valence-electron chi connectivity index (χ3n) is 9.02. The summed E-state index contributed by atoms with van der Waals surface area (Å²) < 4.78 is 35.5. The zero-order valence-corrected chi connectivity index (χ0v) is 31.3. The number of anilines is 1. The topological polar surface area (TPSA) is 153 Å². The molecule has 0 bridgehead atoms. The van der Waals surface area contributed by atoms with E-state index in [1.165, 1.54) is 0 Å². The molecule has 3 heterocycles. The Morgan fingerprint density at radius 2 is 1.58 bits per heavy atom. The van der Waals surface area contributed by atoms with Gasteiger partial charge in [-0.25, -0.2) is 14.8 Å². The lowest BCUT2D eigenvalue weighted by Crippen LogP contribution is -2.53. The van der Waals surface area contributed by atoms with Crippen LogP contribution in [-0.4, -0.2) is 110 Å².